The average Bonchev–Trinajstić information content (AvgIpc) is 2.93. The van der Waals surface area contributed by atoms with Crippen molar-refractivity contribution in [3.63, 3.8) is 0 Å². The van der Waals surface area contributed by atoms with E-state index in [1.807, 2.05) is 13.0 Å². The monoisotopic (exact) mass is 273 g/mol. The molecule has 0 saturated carbocycles. The van der Waals surface area contributed by atoms with E-state index in [0.717, 1.165) is 32.8 Å². The molecule has 5 heteroatoms. The summed E-state index contributed by atoms with van der Waals surface area (Å²) < 4.78 is 5.48. The SMILES string of the molecule is Cc1sc(N)nc1-c1cc(C(C)C)c2ocnc2c1. The van der Waals surface area contributed by atoms with Crippen molar-refractivity contribution >= 4 is 27.6 Å². The minimum Gasteiger partial charge on any atom is -0.443 e. The van der Waals surface area contributed by atoms with Crippen LogP contribution in [0, 0.1) is 6.92 Å². The molecule has 2 N–H and O–H groups in total. The Morgan fingerprint density at radius 2 is 2.11 bits per heavy atom. The molecule has 0 amide bonds. The number of nitrogen functional groups attached to an aromatic ring is 1. The van der Waals surface area contributed by atoms with Crippen LogP contribution in [0.3, 0.4) is 0 Å². The van der Waals surface area contributed by atoms with Gasteiger partial charge in [0.1, 0.15) is 5.52 Å². The third-order valence-electron chi connectivity index (χ3n) is 3.17. The lowest BCUT2D eigenvalue weighted by Gasteiger charge is -2.08. The van der Waals surface area contributed by atoms with Crippen molar-refractivity contribution in [2.75, 3.05) is 5.73 Å². The van der Waals surface area contributed by atoms with E-state index in [4.69, 9.17) is 10.2 Å². The number of oxazole rings is 1. The van der Waals surface area contributed by atoms with Gasteiger partial charge >= 0.3 is 0 Å². The second-order valence-corrected chi connectivity index (χ2v) is 6.11. The molecule has 2 aromatic heterocycles. The normalized spacial score (nSPS) is 11.6. The number of hydrogen-bond donors (Lipinski definition) is 1. The number of anilines is 1. The molecule has 19 heavy (non-hydrogen) atoms. The molecular formula is C14H15N3OS. The number of thiazole rings is 1. The van der Waals surface area contributed by atoms with Crippen LogP contribution in [-0.2, 0) is 0 Å². The predicted octanol–water partition coefficient (Wildman–Crippen LogP) is 3.97. The van der Waals surface area contributed by atoms with E-state index in [1.165, 1.54) is 17.7 Å². The summed E-state index contributed by atoms with van der Waals surface area (Å²) in [6.07, 6.45) is 1.49. The predicted molar refractivity (Wildman–Crippen MR) is 78.4 cm³/mol. The van der Waals surface area contributed by atoms with Crippen LogP contribution in [0.2, 0.25) is 0 Å². The van der Waals surface area contributed by atoms with Gasteiger partial charge in [0.2, 0.25) is 0 Å². The average molecular weight is 273 g/mol. The number of aryl methyl sites for hydroxylation is 1. The summed E-state index contributed by atoms with van der Waals surface area (Å²) in [5.41, 5.74) is 10.6. The van der Waals surface area contributed by atoms with Crippen molar-refractivity contribution in [3.05, 3.63) is 29.0 Å². The number of benzene rings is 1. The van der Waals surface area contributed by atoms with Gasteiger partial charge in [-0.2, -0.15) is 0 Å². The van der Waals surface area contributed by atoms with Crippen molar-refractivity contribution in [1.82, 2.24) is 9.97 Å². The molecule has 0 bridgehead atoms. The quantitative estimate of drug-likeness (QED) is 0.767. The van der Waals surface area contributed by atoms with Crippen LogP contribution in [0.4, 0.5) is 5.13 Å². The topological polar surface area (TPSA) is 64.9 Å². The lowest BCUT2D eigenvalue weighted by atomic mass is 9.98. The van der Waals surface area contributed by atoms with Gasteiger partial charge in [-0.05, 0) is 25.0 Å². The highest BCUT2D eigenvalue weighted by Crippen LogP contribution is 2.34. The summed E-state index contributed by atoms with van der Waals surface area (Å²) in [4.78, 5) is 9.79. The van der Waals surface area contributed by atoms with Gasteiger partial charge in [-0.3, -0.25) is 0 Å². The highest BCUT2D eigenvalue weighted by molar-refractivity contribution is 7.15. The van der Waals surface area contributed by atoms with Crippen LogP contribution >= 0.6 is 11.3 Å². The Bertz CT molecular complexity index is 742. The molecule has 3 aromatic rings. The standard InChI is InChI=1S/C14H15N3OS/c1-7(2)10-4-9(5-11-13(10)18-6-16-11)12-8(3)19-14(15)17-12/h4-7H,1-3H3,(H2,15,17). The molecule has 0 aliphatic rings. The zero-order valence-corrected chi connectivity index (χ0v) is 11.9. The maximum atomic E-state index is 5.78. The summed E-state index contributed by atoms with van der Waals surface area (Å²) >= 11 is 1.51. The van der Waals surface area contributed by atoms with Crippen LogP contribution in [0.1, 0.15) is 30.2 Å². The number of hydrogen-bond acceptors (Lipinski definition) is 5. The summed E-state index contributed by atoms with van der Waals surface area (Å²) in [7, 11) is 0. The number of aromatic nitrogens is 2. The highest BCUT2D eigenvalue weighted by Gasteiger charge is 2.15. The fraction of sp³-hybridized carbons (Fsp3) is 0.286. The third kappa shape index (κ3) is 2.00. The Hall–Kier alpha value is -1.88. The van der Waals surface area contributed by atoms with Crippen molar-refractivity contribution in [2.24, 2.45) is 0 Å². The molecule has 4 nitrogen and oxygen atoms in total. The first-order valence-corrected chi connectivity index (χ1v) is 6.98. The lowest BCUT2D eigenvalue weighted by molar-refractivity contribution is 0.594. The number of rotatable bonds is 2. The van der Waals surface area contributed by atoms with Crippen molar-refractivity contribution < 1.29 is 4.42 Å². The molecule has 3 rings (SSSR count). The molecule has 98 valence electrons. The van der Waals surface area contributed by atoms with E-state index < -0.39 is 0 Å². The van der Waals surface area contributed by atoms with Gasteiger partial charge in [0, 0.05) is 16.0 Å². The smallest absolute Gasteiger partial charge is 0.181 e. The van der Waals surface area contributed by atoms with Crippen LogP contribution < -0.4 is 5.73 Å². The molecular weight excluding hydrogens is 258 g/mol. The summed E-state index contributed by atoms with van der Waals surface area (Å²) in [5, 5.41) is 0.596. The minimum absolute atomic E-state index is 0.367. The van der Waals surface area contributed by atoms with Crippen molar-refractivity contribution in [2.45, 2.75) is 26.7 Å². The molecule has 0 aliphatic carbocycles. The Kier molecular flexibility index (Phi) is 2.78. The number of fused-ring (bicyclic) bond motifs is 1. The molecule has 0 saturated heterocycles. The minimum atomic E-state index is 0.367. The molecule has 0 atom stereocenters. The Labute approximate surface area is 115 Å². The van der Waals surface area contributed by atoms with E-state index in [-0.39, 0.29) is 0 Å². The summed E-state index contributed by atoms with van der Waals surface area (Å²) in [5.74, 6) is 0.367. The van der Waals surface area contributed by atoms with Gasteiger partial charge in [0.25, 0.3) is 0 Å². The Balaban J connectivity index is 2.27. The third-order valence-corrected chi connectivity index (χ3v) is 3.97. The van der Waals surface area contributed by atoms with Crippen LogP contribution in [0.5, 0.6) is 0 Å². The highest BCUT2D eigenvalue weighted by atomic mass is 32.1. The maximum Gasteiger partial charge on any atom is 0.181 e. The molecule has 0 aliphatic heterocycles. The van der Waals surface area contributed by atoms with Gasteiger partial charge in [-0.15, -0.1) is 11.3 Å². The second-order valence-electron chi connectivity index (χ2n) is 4.88. The largest absolute Gasteiger partial charge is 0.443 e. The first-order chi connectivity index (χ1) is 9.06. The van der Waals surface area contributed by atoms with E-state index in [2.05, 4.69) is 29.9 Å². The van der Waals surface area contributed by atoms with Crippen molar-refractivity contribution in [1.29, 1.82) is 0 Å². The zero-order chi connectivity index (χ0) is 13.6. The molecule has 1 aromatic carbocycles. The summed E-state index contributed by atoms with van der Waals surface area (Å²) in [6, 6.07) is 4.13. The van der Waals surface area contributed by atoms with E-state index in [1.54, 1.807) is 0 Å². The van der Waals surface area contributed by atoms with Gasteiger partial charge in [-0.25, -0.2) is 9.97 Å². The van der Waals surface area contributed by atoms with E-state index in [0.29, 0.717) is 11.0 Å². The van der Waals surface area contributed by atoms with Gasteiger partial charge in [0.05, 0.1) is 5.69 Å². The van der Waals surface area contributed by atoms with E-state index >= 15 is 0 Å². The molecule has 0 radical (unpaired) electrons. The van der Waals surface area contributed by atoms with Gasteiger partial charge in [0.15, 0.2) is 17.1 Å². The van der Waals surface area contributed by atoms with Gasteiger partial charge < -0.3 is 10.2 Å². The van der Waals surface area contributed by atoms with Crippen LogP contribution in [0.15, 0.2) is 22.9 Å². The Morgan fingerprint density at radius 3 is 2.74 bits per heavy atom. The first kappa shape index (κ1) is 12.2. The fourth-order valence-corrected chi connectivity index (χ4v) is 2.96. The van der Waals surface area contributed by atoms with Crippen molar-refractivity contribution in [3.8, 4) is 11.3 Å². The molecule has 2 heterocycles. The second kappa shape index (κ2) is 4.35. The van der Waals surface area contributed by atoms with Gasteiger partial charge in [-0.1, -0.05) is 13.8 Å². The van der Waals surface area contributed by atoms with Crippen LogP contribution in [-0.4, -0.2) is 9.97 Å². The first-order valence-electron chi connectivity index (χ1n) is 6.16. The molecule has 0 unspecified atom stereocenters. The lowest BCUT2D eigenvalue weighted by Crippen LogP contribution is -1.91. The molecule has 0 fully saturated rings. The van der Waals surface area contributed by atoms with Crippen LogP contribution in [0.25, 0.3) is 22.4 Å². The zero-order valence-electron chi connectivity index (χ0n) is 11.1. The Morgan fingerprint density at radius 1 is 1.32 bits per heavy atom. The summed E-state index contributed by atoms with van der Waals surface area (Å²) in [6.45, 7) is 6.32. The molecule has 0 spiro atoms. The maximum absolute atomic E-state index is 5.78. The fourth-order valence-electron chi connectivity index (χ4n) is 2.25. The number of nitrogens with zero attached hydrogens (tertiary/aromatic N) is 2. The van der Waals surface area contributed by atoms with E-state index in [9.17, 15) is 0 Å². The number of nitrogens with two attached hydrogens (primary N) is 1.